The van der Waals surface area contributed by atoms with Crippen LogP contribution in [0.15, 0.2) is 40.7 Å². The van der Waals surface area contributed by atoms with Crippen molar-refractivity contribution < 1.29 is 14.3 Å². The molecule has 0 spiro atoms. The van der Waals surface area contributed by atoms with Crippen molar-refractivity contribution in [1.29, 1.82) is 0 Å². The Labute approximate surface area is 169 Å². The average molecular weight is 415 g/mol. The molecule has 4 aromatic rings. The Hall–Kier alpha value is -2.78. The van der Waals surface area contributed by atoms with Crippen molar-refractivity contribution in [2.75, 3.05) is 25.3 Å². The third-order valence-electron chi connectivity index (χ3n) is 4.23. The van der Waals surface area contributed by atoms with E-state index in [0.29, 0.717) is 17.2 Å². The fraction of sp³-hybridized carbons (Fsp3) is 0.211. The van der Waals surface area contributed by atoms with Gasteiger partial charge in [-0.15, -0.1) is 21.5 Å². The molecule has 144 valence electrons. The highest BCUT2D eigenvalue weighted by molar-refractivity contribution is 8.00. The van der Waals surface area contributed by atoms with Gasteiger partial charge in [-0.05, 0) is 24.4 Å². The molecule has 0 aliphatic rings. The standard InChI is InChI=1S/C19H18N4O3S2/c1-11-21-22-19(16-9-17-15(23(11)16)4-5-27-17)28-10-18(24)20-12-6-13(25-2)8-14(7-12)26-3/h4-9H,10H2,1-3H3,(H,20,24). The molecule has 0 aliphatic heterocycles. The normalized spacial score (nSPS) is 11.1. The van der Waals surface area contributed by atoms with Gasteiger partial charge in [0.2, 0.25) is 5.91 Å². The Balaban J connectivity index is 1.52. The summed E-state index contributed by atoms with van der Waals surface area (Å²) >= 11 is 3.04. The SMILES string of the molecule is COc1cc(NC(=O)CSc2nnc(C)n3c2cc2sccc23)cc(OC)c1. The van der Waals surface area contributed by atoms with Gasteiger partial charge in [-0.25, -0.2) is 0 Å². The maximum absolute atomic E-state index is 12.4. The third-order valence-corrected chi connectivity index (χ3v) is 6.05. The Morgan fingerprint density at radius 1 is 1.14 bits per heavy atom. The largest absolute Gasteiger partial charge is 0.497 e. The lowest BCUT2D eigenvalue weighted by Crippen LogP contribution is -2.14. The van der Waals surface area contributed by atoms with Crippen LogP contribution >= 0.6 is 23.1 Å². The quantitative estimate of drug-likeness (QED) is 0.481. The van der Waals surface area contributed by atoms with E-state index in [1.54, 1.807) is 43.8 Å². The number of carbonyl (C=O) groups excluding carboxylic acids is 1. The van der Waals surface area contributed by atoms with E-state index in [1.165, 1.54) is 16.5 Å². The number of nitrogens with zero attached hydrogens (tertiary/aromatic N) is 3. The molecule has 0 radical (unpaired) electrons. The first kappa shape index (κ1) is 18.6. The lowest BCUT2D eigenvalue weighted by molar-refractivity contribution is -0.113. The summed E-state index contributed by atoms with van der Waals surface area (Å²) in [6.45, 7) is 1.93. The molecule has 1 aromatic carbocycles. The Morgan fingerprint density at radius 3 is 2.61 bits per heavy atom. The van der Waals surface area contributed by atoms with Crippen LogP contribution in [-0.4, -0.2) is 40.5 Å². The van der Waals surface area contributed by atoms with Crippen LogP contribution in [0.1, 0.15) is 5.82 Å². The number of methoxy groups -OCH3 is 2. The summed E-state index contributed by atoms with van der Waals surface area (Å²) in [5, 5.41) is 14.2. The van der Waals surface area contributed by atoms with Gasteiger partial charge in [0, 0.05) is 23.9 Å². The molecule has 1 amide bonds. The van der Waals surface area contributed by atoms with Crippen molar-refractivity contribution in [2.24, 2.45) is 0 Å². The van der Waals surface area contributed by atoms with Crippen molar-refractivity contribution in [3.05, 3.63) is 41.5 Å². The van der Waals surface area contributed by atoms with Crippen molar-refractivity contribution in [3.63, 3.8) is 0 Å². The van der Waals surface area contributed by atoms with Crippen LogP contribution in [0.3, 0.4) is 0 Å². The molecule has 4 rings (SSSR count). The molecule has 0 unspecified atom stereocenters. The summed E-state index contributed by atoms with van der Waals surface area (Å²) in [7, 11) is 3.14. The summed E-state index contributed by atoms with van der Waals surface area (Å²) in [4.78, 5) is 12.4. The number of fused-ring (bicyclic) bond motifs is 3. The van der Waals surface area contributed by atoms with Crippen molar-refractivity contribution >= 4 is 50.4 Å². The van der Waals surface area contributed by atoms with Gasteiger partial charge in [-0.1, -0.05) is 11.8 Å². The third kappa shape index (κ3) is 3.50. The van der Waals surface area contributed by atoms with Gasteiger partial charge in [-0.2, -0.15) is 0 Å². The van der Waals surface area contributed by atoms with Gasteiger partial charge >= 0.3 is 0 Å². The smallest absolute Gasteiger partial charge is 0.234 e. The molecule has 0 atom stereocenters. The minimum Gasteiger partial charge on any atom is -0.497 e. The van der Waals surface area contributed by atoms with Crippen molar-refractivity contribution in [2.45, 2.75) is 11.9 Å². The van der Waals surface area contributed by atoms with E-state index in [2.05, 4.69) is 37.4 Å². The molecule has 28 heavy (non-hydrogen) atoms. The highest BCUT2D eigenvalue weighted by Crippen LogP contribution is 2.31. The second-order valence-corrected chi connectivity index (χ2v) is 7.94. The highest BCUT2D eigenvalue weighted by Gasteiger charge is 2.14. The van der Waals surface area contributed by atoms with Crippen LogP contribution in [-0.2, 0) is 4.79 Å². The fourth-order valence-corrected chi connectivity index (χ4v) is 4.50. The molecule has 0 fully saturated rings. The number of thiophene rings is 1. The van der Waals surface area contributed by atoms with E-state index in [0.717, 1.165) is 21.9 Å². The first-order chi connectivity index (χ1) is 13.6. The molecule has 3 aromatic heterocycles. The summed E-state index contributed by atoms with van der Waals surface area (Å²) in [6, 6.07) is 9.40. The zero-order valence-corrected chi connectivity index (χ0v) is 17.2. The van der Waals surface area contributed by atoms with Gasteiger partial charge in [0.1, 0.15) is 22.3 Å². The number of hydrogen-bond acceptors (Lipinski definition) is 7. The monoisotopic (exact) mass is 414 g/mol. The number of aromatic nitrogens is 3. The molecule has 7 nitrogen and oxygen atoms in total. The van der Waals surface area contributed by atoms with E-state index in [1.807, 2.05) is 6.92 Å². The molecule has 0 saturated carbocycles. The van der Waals surface area contributed by atoms with Crippen LogP contribution in [0.25, 0.3) is 15.7 Å². The summed E-state index contributed by atoms with van der Waals surface area (Å²) in [5.41, 5.74) is 2.70. The lowest BCUT2D eigenvalue weighted by atomic mass is 10.2. The number of ether oxygens (including phenoxy) is 2. The van der Waals surface area contributed by atoms with E-state index in [-0.39, 0.29) is 11.7 Å². The number of benzene rings is 1. The van der Waals surface area contributed by atoms with Gasteiger partial charge in [0.25, 0.3) is 0 Å². The average Bonchev–Trinajstić information content (AvgIpc) is 3.28. The zero-order chi connectivity index (χ0) is 19.7. The Bertz CT molecular complexity index is 1150. The number of amides is 1. The zero-order valence-electron chi connectivity index (χ0n) is 15.6. The number of carbonyl (C=O) groups is 1. The van der Waals surface area contributed by atoms with E-state index in [4.69, 9.17) is 9.47 Å². The van der Waals surface area contributed by atoms with Crippen molar-refractivity contribution in [1.82, 2.24) is 14.6 Å². The van der Waals surface area contributed by atoms with Gasteiger partial charge in [0.05, 0.1) is 35.7 Å². The van der Waals surface area contributed by atoms with Crippen LogP contribution in [0.2, 0.25) is 0 Å². The molecular weight excluding hydrogens is 396 g/mol. The Kier molecular flexibility index (Phi) is 5.10. The number of thioether (sulfide) groups is 1. The summed E-state index contributed by atoms with van der Waals surface area (Å²) < 4.78 is 13.7. The van der Waals surface area contributed by atoms with E-state index >= 15 is 0 Å². The second kappa shape index (κ2) is 7.69. The number of hydrogen-bond donors (Lipinski definition) is 1. The van der Waals surface area contributed by atoms with Crippen LogP contribution in [0, 0.1) is 6.92 Å². The predicted octanol–water partition coefficient (Wildman–Crippen LogP) is 4.00. The first-order valence-corrected chi connectivity index (χ1v) is 10.3. The highest BCUT2D eigenvalue weighted by atomic mass is 32.2. The van der Waals surface area contributed by atoms with E-state index in [9.17, 15) is 4.79 Å². The molecular formula is C19H18N4O3S2. The molecule has 0 saturated heterocycles. The maximum atomic E-state index is 12.4. The second-order valence-electron chi connectivity index (χ2n) is 6.03. The molecule has 0 aliphatic carbocycles. The number of nitrogens with one attached hydrogen (secondary N) is 1. The summed E-state index contributed by atoms with van der Waals surface area (Å²) in [5.74, 6) is 2.12. The number of rotatable bonds is 6. The van der Waals surface area contributed by atoms with Gasteiger partial charge in [-0.3, -0.25) is 9.20 Å². The van der Waals surface area contributed by atoms with Crippen molar-refractivity contribution in [3.8, 4) is 11.5 Å². The van der Waals surface area contributed by atoms with Crippen LogP contribution in [0.4, 0.5) is 5.69 Å². The topological polar surface area (TPSA) is 77.8 Å². The van der Waals surface area contributed by atoms with Crippen LogP contribution < -0.4 is 14.8 Å². The molecule has 3 heterocycles. The van der Waals surface area contributed by atoms with Crippen LogP contribution in [0.5, 0.6) is 11.5 Å². The first-order valence-electron chi connectivity index (χ1n) is 8.46. The lowest BCUT2D eigenvalue weighted by Gasteiger charge is -2.10. The molecule has 0 bridgehead atoms. The predicted molar refractivity (Wildman–Crippen MR) is 112 cm³/mol. The molecule has 9 heteroatoms. The maximum Gasteiger partial charge on any atom is 0.234 e. The summed E-state index contributed by atoms with van der Waals surface area (Å²) in [6.07, 6.45) is 0. The Morgan fingerprint density at radius 2 is 1.89 bits per heavy atom. The van der Waals surface area contributed by atoms with Gasteiger partial charge < -0.3 is 14.8 Å². The number of anilines is 1. The minimum atomic E-state index is -0.144. The number of aryl methyl sites for hydroxylation is 1. The van der Waals surface area contributed by atoms with Gasteiger partial charge in [0.15, 0.2) is 0 Å². The molecule has 1 N–H and O–H groups in total. The minimum absolute atomic E-state index is 0.144. The fourth-order valence-electron chi connectivity index (χ4n) is 2.96. The van der Waals surface area contributed by atoms with E-state index < -0.39 is 0 Å².